The minimum Gasteiger partial charge on any atom is -0.465 e. The van der Waals surface area contributed by atoms with Crippen molar-refractivity contribution in [3.63, 3.8) is 0 Å². The van der Waals surface area contributed by atoms with Crippen LogP contribution in [0, 0.1) is 26.7 Å². The van der Waals surface area contributed by atoms with Crippen LogP contribution in [0.15, 0.2) is 23.8 Å². The number of esters is 1. The smallest absolute Gasteiger partial charge is 0.316 e. The lowest BCUT2D eigenvalue weighted by Gasteiger charge is -2.11. The summed E-state index contributed by atoms with van der Waals surface area (Å²) in [6.45, 7) is 11.4. The highest BCUT2D eigenvalue weighted by atomic mass is 35.5. The van der Waals surface area contributed by atoms with Gasteiger partial charge in [-0.25, -0.2) is 0 Å². The number of ether oxygens (including phenoxy) is 1. The zero-order valence-corrected chi connectivity index (χ0v) is 16.7. The Morgan fingerprint density at radius 3 is 2.40 bits per heavy atom. The lowest BCUT2D eigenvalue weighted by Crippen LogP contribution is -2.23. The summed E-state index contributed by atoms with van der Waals surface area (Å²) < 4.78 is 4.96. The molecule has 136 valence electrons. The molecule has 0 aliphatic rings. The molecule has 0 aliphatic carbocycles. The van der Waals surface area contributed by atoms with E-state index in [1.54, 1.807) is 6.92 Å². The second-order valence-corrected chi connectivity index (χ2v) is 6.67. The summed E-state index contributed by atoms with van der Waals surface area (Å²) in [7, 11) is 0. The standard InChI is InChI=1S/C21H27ClO3/c1-7-25-21(24)19(17(6)23)11-9-13(2)8-10-18-14(3)12-15(4)20(22)16(18)5/h8-10,12,19H,7,11H2,1-6H3/b10-8+,13-9+. The fourth-order valence-electron chi connectivity index (χ4n) is 2.69. The molecule has 4 heteroatoms. The van der Waals surface area contributed by atoms with E-state index in [-0.39, 0.29) is 12.4 Å². The van der Waals surface area contributed by atoms with Crippen molar-refractivity contribution >= 4 is 29.4 Å². The van der Waals surface area contributed by atoms with Crippen molar-refractivity contribution in [2.24, 2.45) is 5.92 Å². The van der Waals surface area contributed by atoms with Crippen LogP contribution in [0.2, 0.25) is 5.02 Å². The molecule has 0 saturated heterocycles. The Morgan fingerprint density at radius 2 is 1.84 bits per heavy atom. The number of aryl methyl sites for hydroxylation is 2. The van der Waals surface area contributed by atoms with Crippen LogP contribution in [-0.4, -0.2) is 18.4 Å². The molecule has 0 radical (unpaired) electrons. The summed E-state index contributed by atoms with van der Waals surface area (Å²) in [5, 5.41) is 0.783. The van der Waals surface area contributed by atoms with E-state index in [4.69, 9.17) is 16.3 Å². The van der Waals surface area contributed by atoms with Gasteiger partial charge in [-0.05, 0) is 70.2 Å². The number of ketones is 1. The van der Waals surface area contributed by atoms with Crippen LogP contribution in [0.5, 0.6) is 0 Å². The molecule has 1 unspecified atom stereocenters. The zero-order chi connectivity index (χ0) is 19.1. The first-order valence-electron chi connectivity index (χ1n) is 8.47. The molecule has 1 atom stereocenters. The number of carbonyl (C=O) groups is 2. The van der Waals surface area contributed by atoms with E-state index >= 15 is 0 Å². The van der Waals surface area contributed by atoms with Gasteiger partial charge in [-0.2, -0.15) is 0 Å². The molecule has 1 aromatic carbocycles. The van der Waals surface area contributed by atoms with Crippen molar-refractivity contribution in [1.82, 2.24) is 0 Å². The van der Waals surface area contributed by atoms with Crippen LogP contribution in [0.1, 0.15) is 49.4 Å². The number of benzene rings is 1. The van der Waals surface area contributed by atoms with E-state index in [1.165, 1.54) is 6.92 Å². The normalized spacial score (nSPS) is 13.2. The van der Waals surface area contributed by atoms with Gasteiger partial charge in [0.05, 0.1) is 6.61 Å². The summed E-state index contributed by atoms with van der Waals surface area (Å²) in [6.07, 6.45) is 6.23. The lowest BCUT2D eigenvalue weighted by atomic mass is 9.97. The van der Waals surface area contributed by atoms with Crippen molar-refractivity contribution in [3.8, 4) is 0 Å². The third-order valence-corrected chi connectivity index (χ3v) is 4.77. The number of hydrogen-bond donors (Lipinski definition) is 0. The highest BCUT2D eigenvalue weighted by Crippen LogP contribution is 2.27. The maximum atomic E-state index is 11.8. The average molecular weight is 363 g/mol. The number of hydrogen-bond acceptors (Lipinski definition) is 3. The average Bonchev–Trinajstić information content (AvgIpc) is 2.52. The Hall–Kier alpha value is -1.87. The van der Waals surface area contributed by atoms with Crippen molar-refractivity contribution < 1.29 is 14.3 Å². The van der Waals surface area contributed by atoms with Crippen molar-refractivity contribution in [2.45, 2.75) is 48.0 Å². The highest BCUT2D eigenvalue weighted by molar-refractivity contribution is 6.32. The van der Waals surface area contributed by atoms with Crippen LogP contribution >= 0.6 is 11.6 Å². The van der Waals surface area contributed by atoms with E-state index in [2.05, 4.69) is 13.0 Å². The van der Waals surface area contributed by atoms with Crippen molar-refractivity contribution in [1.29, 1.82) is 0 Å². The fourth-order valence-corrected chi connectivity index (χ4v) is 2.85. The molecule has 0 N–H and O–H groups in total. The first kappa shape index (κ1) is 21.2. The third kappa shape index (κ3) is 5.86. The first-order chi connectivity index (χ1) is 11.7. The Morgan fingerprint density at radius 1 is 1.20 bits per heavy atom. The Labute approximate surface area is 155 Å². The molecule has 1 rings (SSSR count). The van der Waals surface area contributed by atoms with E-state index in [1.807, 2.05) is 39.0 Å². The molecule has 0 saturated carbocycles. The van der Waals surface area contributed by atoms with Crippen LogP contribution in [-0.2, 0) is 14.3 Å². The Bertz CT molecular complexity index is 714. The maximum absolute atomic E-state index is 11.8. The van der Waals surface area contributed by atoms with Crippen LogP contribution < -0.4 is 0 Å². The van der Waals surface area contributed by atoms with Gasteiger partial charge in [0.15, 0.2) is 0 Å². The van der Waals surface area contributed by atoms with Gasteiger partial charge >= 0.3 is 5.97 Å². The number of rotatable bonds is 7. The second kappa shape index (κ2) is 9.57. The van der Waals surface area contributed by atoms with E-state index < -0.39 is 11.9 Å². The molecule has 3 nitrogen and oxygen atoms in total. The molecule has 0 heterocycles. The molecule has 25 heavy (non-hydrogen) atoms. The van der Waals surface area contributed by atoms with Gasteiger partial charge in [-0.15, -0.1) is 0 Å². The van der Waals surface area contributed by atoms with Gasteiger partial charge in [0.2, 0.25) is 0 Å². The monoisotopic (exact) mass is 362 g/mol. The summed E-state index contributed by atoms with van der Waals surface area (Å²) in [6, 6.07) is 2.07. The number of allylic oxidation sites excluding steroid dienone is 3. The highest BCUT2D eigenvalue weighted by Gasteiger charge is 2.23. The molecule has 0 bridgehead atoms. The molecule has 0 aliphatic heterocycles. The van der Waals surface area contributed by atoms with Crippen LogP contribution in [0.3, 0.4) is 0 Å². The lowest BCUT2D eigenvalue weighted by molar-refractivity contribution is -0.150. The number of halogens is 1. The number of Topliss-reactive ketones (excluding diaryl/α,β-unsaturated/α-hetero) is 1. The van der Waals surface area contributed by atoms with Crippen molar-refractivity contribution in [2.75, 3.05) is 6.61 Å². The Balaban J connectivity index is 2.94. The molecular weight excluding hydrogens is 336 g/mol. The van der Waals surface area contributed by atoms with Crippen LogP contribution in [0.4, 0.5) is 0 Å². The fraction of sp³-hybridized carbons (Fsp3) is 0.429. The maximum Gasteiger partial charge on any atom is 0.316 e. The SMILES string of the molecule is CCOC(=O)C(C/C=C(C)/C=C/c1c(C)cc(C)c(Cl)c1C)C(C)=O. The van der Waals surface area contributed by atoms with Gasteiger partial charge in [-0.3, -0.25) is 9.59 Å². The topological polar surface area (TPSA) is 43.4 Å². The van der Waals surface area contributed by atoms with Gasteiger partial charge < -0.3 is 4.74 Å². The van der Waals surface area contributed by atoms with Gasteiger partial charge in [0.1, 0.15) is 11.7 Å². The zero-order valence-electron chi connectivity index (χ0n) is 15.9. The minimum atomic E-state index is -0.736. The summed E-state index contributed by atoms with van der Waals surface area (Å²) in [5.74, 6) is -1.37. The van der Waals surface area contributed by atoms with Gasteiger partial charge in [0.25, 0.3) is 0 Å². The molecular formula is C21H27ClO3. The molecule has 0 spiro atoms. The molecule has 0 amide bonds. The summed E-state index contributed by atoms with van der Waals surface area (Å²) >= 11 is 6.33. The summed E-state index contributed by atoms with van der Waals surface area (Å²) in [4.78, 5) is 23.5. The first-order valence-corrected chi connectivity index (χ1v) is 8.85. The molecule has 0 fully saturated rings. The quantitative estimate of drug-likeness (QED) is 0.371. The van der Waals surface area contributed by atoms with E-state index in [9.17, 15) is 9.59 Å². The molecule has 1 aromatic rings. The van der Waals surface area contributed by atoms with Gasteiger partial charge in [-0.1, -0.05) is 41.5 Å². The third-order valence-electron chi connectivity index (χ3n) is 4.19. The predicted octanol–water partition coefficient (Wildman–Crippen LogP) is 5.38. The van der Waals surface area contributed by atoms with Gasteiger partial charge in [0, 0.05) is 5.02 Å². The number of carbonyl (C=O) groups excluding carboxylic acids is 2. The minimum absolute atomic E-state index is 0.177. The van der Waals surface area contributed by atoms with Crippen LogP contribution in [0.25, 0.3) is 6.08 Å². The Kier molecular flexibility index (Phi) is 8.11. The second-order valence-electron chi connectivity index (χ2n) is 6.30. The van der Waals surface area contributed by atoms with E-state index in [0.29, 0.717) is 6.42 Å². The summed E-state index contributed by atoms with van der Waals surface area (Å²) in [5.41, 5.74) is 5.36. The largest absolute Gasteiger partial charge is 0.465 e. The predicted molar refractivity (Wildman–Crippen MR) is 104 cm³/mol. The van der Waals surface area contributed by atoms with E-state index in [0.717, 1.165) is 32.8 Å². The van der Waals surface area contributed by atoms with Crippen molar-refractivity contribution in [3.05, 3.63) is 51.1 Å². The molecule has 0 aromatic heterocycles.